The molecule has 6 nitrogen and oxygen atoms in total. The Morgan fingerprint density at radius 1 is 1.44 bits per heavy atom. The standard InChI is InChI=1S/C2H4O2.H2O4S/c1-4-2-3;1-5(2,3)4/h2H,1H3;(H2,1,2,3,4). The molecule has 9 heavy (non-hydrogen) atoms. The third-order valence-electron chi connectivity index (χ3n) is 0.0962. The van der Waals surface area contributed by atoms with Gasteiger partial charge in [-0.2, -0.15) is 8.42 Å². The second-order valence-electron chi connectivity index (χ2n) is 0.780. The minimum atomic E-state index is -4.67. The number of hydrogen-bond donors (Lipinski definition) is 2. The highest BCUT2D eigenvalue weighted by Gasteiger charge is 1.84. The van der Waals surface area contributed by atoms with Crippen LogP contribution in [0.1, 0.15) is 0 Å². The maximum Gasteiger partial charge on any atom is 0.394 e. The fourth-order valence-corrected chi connectivity index (χ4v) is 0. The maximum absolute atomic E-state index is 8.95. The van der Waals surface area contributed by atoms with E-state index in [-0.39, 0.29) is 0 Å². The first-order valence-electron chi connectivity index (χ1n) is 1.58. The second kappa shape index (κ2) is 5.48. The molecule has 2 N–H and O–H groups in total. The number of rotatable bonds is 1. The zero-order valence-electron chi connectivity index (χ0n) is 4.51. The average Bonchev–Trinajstić information content (AvgIpc) is 1.61. The quantitative estimate of drug-likeness (QED) is 0.380. The SMILES string of the molecule is COC=O.O=S(=O)(O)O. The zero-order chi connectivity index (χ0) is 7.91. The summed E-state index contributed by atoms with van der Waals surface area (Å²) in [6, 6.07) is 0. The molecule has 0 saturated heterocycles. The smallest absolute Gasteiger partial charge is 0.394 e. The first kappa shape index (κ1) is 11.2. The van der Waals surface area contributed by atoms with Gasteiger partial charge in [0.25, 0.3) is 6.47 Å². The van der Waals surface area contributed by atoms with E-state index in [0.717, 1.165) is 0 Å². The molecule has 0 rings (SSSR count). The summed E-state index contributed by atoms with van der Waals surface area (Å²) >= 11 is 0. The first-order chi connectivity index (χ1) is 3.91. The molecule has 0 spiro atoms. The highest BCUT2D eigenvalue weighted by molar-refractivity contribution is 7.79. The Morgan fingerprint density at radius 3 is 1.56 bits per heavy atom. The molecule has 0 aliphatic rings. The molecule has 0 atom stereocenters. The molecule has 0 aromatic carbocycles. The molecule has 7 heteroatoms. The van der Waals surface area contributed by atoms with E-state index in [0.29, 0.717) is 6.47 Å². The van der Waals surface area contributed by atoms with Crippen LogP contribution in [0.5, 0.6) is 0 Å². The maximum atomic E-state index is 8.95. The first-order valence-corrected chi connectivity index (χ1v) is 2.98. The molecular formula is C2H6O6S. The van der Waals surface area contributed by atoms with Crippen molar-refractivity contribution in [3.63, 3.8) is 0 Å². The van der Waals surface area contributed by atoms with Gasteiger partial charge in [0.1, 0.15) is 0 Å². The fraction of sp³-hybridized carbons (Fsp3) is 0.500. The lowest BCUT2D eigenvalue weighted by Crippen LogP contribution is -1.89. The lowest BCUT2D eigenvalue weighted by Gasteiger charge is -1.68. The molecule has 0 saturated carbocycles. The van der Waals surface area contributed by atoms with Crippen LogP contribution in [0, 0.1) is 0 Å². The van der Waals surface area contributed by atoms with Crippen molar-refractivity contribution in [2.45, 2.75) is 0 Å². The van der Waals surface area contributed by atoms with Crippen LogP contribution in [0.15, 0.2) is 0 Å². The highest BCUT2D eigenvalue weighted by Crippen LogP contribution is 1.59. The molecule has 0 aliphatic carbocycles. The Hall–Kier alpha value is -0.660. The van der Waals surface area contributed by atoms with E-state index >= 15 is 0 Å². The topological polar surface area (TPSA) is 101 Å². The van der Waals surface area contributed by atoms with E-state index in [1.807, 2.05) is 0 Å². The third-order valence-corrected chi connectivity index (χ3v) is 0.0962. The molecule has 0 aromatic heterocycles. The molecule has 0 bridgehead atoms. The van der Waals surface area contributed by atoms with Crippen LogP contribution in [0.4, 0.5) is 0 Å². The van der Waals surface area contributed by atoms with E-state index in [2.05, 4.69) is 4.74 Å². The zero-order valence-corrected chi connectivity index (χ0v) is 5.33. The van der Waals surface area contributed by atoms with Crippen molar-refractivity contribution in [3.05, 3.63) is 0 Å². The molecule has 0 aromatic rings. The van der Waals surface area contributed by atoms with Gasteiger partial charge < -0.3 is 4.74 Å². The van der Waals surface area contributed by atoms with Crippen molar-refractivity contribution in [3.8, 4) is 0 Å². The van der Waals surface area contributed by atoms with Crippen LogP contribution < -0.4 is 0 Å². The van der Waals surface area contributed by atoms with Crippen LogP contribution in [0.3, 0.4) is 0 Å². The predicted octanol–water partition coefficient (Wildman–Crippen LogP) is -0.864. The van der Waals surface area contributed by atoms with Crippen molar-refractivity contribution in [2.24, 2.45) is 0 Å². The van der Waals surface area contributed by atoms with E-state index < -0.39 is 10.4 Å². The molecule has 56 valence electrons. The number of methoxy groups -OCH3 is 1. The van der Waals surface area contributed by atoms with E-state index in [1.54, 1.807) is 0 Å². The summed E-state index contributed by atoms with van der Waals surface area (Å²) < 4.78 is 35.4. The van der Waals surface area contributed by atoms with Crippen LogP contribution in [0.25, 0.3) is 0 Å². The van der Waals surface area contributed by atoms with Gasteiger partial charge in [-0.1, -0.05) is 0 Å². The van der Waals surface area contributed by atoms with Gasteiger partial charge in [0, 0.05) is 0 Å². The number of carbonyl (C=O) groups excluding carboxylic acids is 1. The van der Waals surface area contributed by atoms with Gasteiger partial charge in [-0.25, -0.2) is 0 Å². The van der Waals surface area contributed by atoms with Crippen molar-refractivity contribution < 1.29 is 27.1 Å². The highest BCUT2D eigenvalue weighted by atomic mass is 32.3. The third kappa shape index (κ3) is 1810. The second-order valence-corrected chi connectivity index (χ2v) is 1.68. The normalized spacial score (nSPS) is 8.78. The predicted molar refractivity (Wildman–Crippen MR) is 27.3 cm³/mol. The van der Waals surface area contributed by atoms with Gasteiger partial charge in [0.15, 0.2) is 0 Å². The van der Waals surface area contributed by atoms with Gasteiger partial charge in [0.2, 0.25) is 0 Å². The Balaban J connectivity index is 0. The van der Waals surface area contributed by atoms with Crippen LogP contribution in [0.2, 0.25) is 0 Å². The molecule has 0 unspecified atom stereocenters. The van der Waals surface area contributed by atoms with Gasteiger partial charge in [0.05, 0.1) is 7.11 Å². The van der Waals surface area contributed by atoms with E-state index in [9.17, 15) is 0 Å². The Labute approximate surface area is 52.0 Å². The summed E-state index contributed by atoms with van der Waals surface area (Å²) in [5, 5.41) is 0. The minimum absolute atomic E-state index is 0.375. The number of carbonyl (C=O) groups is 1. The van der Waals surface area contributed by atoms with Gasteiger partial charge in [-0.15, -0.1) is 0 Å². The summed E-state index contributed by atoms with van der Waals surface area (Å²) in [6.07, 6.45) is 0. The van der Waals surface area contributed by atoms with Gasteiger partial charge >= 0.3 is 10.4 Å². The molecule has 0 radical (unpaired) electrons. The van der Waals surface area contributed by atoms with E-state index in [4.69, 9.17) is 22.3 Å². The Bertz CT molecular complexity index is 136. The number of hydrogen-bond acceptors (Lipinski definition) is 4. The van der Waals surface area contributed by atoms with Crippen LogP contribution >= 0.6 is 0 Å². The summed E-state index contributed by atoms with van der Waals surface area (Å²) in [7, 11) is -3.35. The number of ether oxygens (including phenoxy) is 1. The van der Waals surface area contributed by atoms with Crippen LogP contribution in [-0.4, -0.2) is 31.1 Å². The fourth-order valence-electron chi connectivity index (χ4n) is 0. The molecular weight excluding hydrogens is 152 g/mol. The van der Waals surface area contributed by atoms with Gasteiger partial charge in [-0.05, 0) is 0 Å². The lowest BCUT2D eigenvalue weighted by molar-refractivity contribution is -0.126. The van der Waals surface area contributed by atoms with Crippen LogP contribution in [-0.2, 0) is 19.9 Å². The Morgan fingerprint density at radius 2 is 1.56 bits per heavy atom. The van der Waals surface area contributed by atoms with Gasteiger partial charge in [-0.3, -0.25) is 13.9 Å². The molecule has 0 fully saturated rings. The average molecular weight is 158 g/mol. The largest absolute Gasteiger partial charge is 0.471 e. The van der Waals surface area contributed by atoms with Crippen molar-refractivity contribution >= 4 is 16.9 Å². The van der Waals surface area contributed by atoms with Crippen molar-refractivity contribution in [1.82, 2.24) is 0 Å². The van der Waals surface area contributed by atoms with Crippen molar-refractivity contribution in [1.29, 1.82) is 0 Å². The summed E-state index contributed by atoms with van der Waals surface area (Å²) in [6.45, 7) is 0.375. The Kier molecular flexibility index (Phi) is 6.80. The summed E-state index contributed by atoms with van der Waals surface area (Å²) in [5.74, 6) is 0. The molecule has 0 amide bonds. The summed E-state index contributed by atoms with van der Waals surface area (Å²) in [5.41, 5.74) is 0. The van der Waals surface area contributed by atoms with Crippen molar-refractivity contribution in [2.75, 3.05) is 7.11 Å². The minimum Gasteiger partial charge on any atom is -0.471 e. The monoisotopic (exact) mass is 158 g/mol. The molecule has 0 aliphatic heterocycles. The lowest BCUT2D eigenvalue weighted by atomic mass is 11.5. The summed E-state index contributed by atoms with van der Waals surface area (Å²) in [4.78, 5) is 8.95. The molecule has 0 heterocycles. The van der Waals surface area contributed by atoms with E-state index in [1.165, 1.54) is 7.11 Å².